The molecule has 0 aliphatic heterocycles. The summed E-state index contributed by atoms with van der Waals surface area (Å²) >= 11 is 3.39. The molecule has 8 heteroatoms. The van der Waals surface area contributed by atoms with Crippen molar-refractivity contribution in [3.8, 4) is 0 Å². The van der Waals surface area contributed by atoms with Crippen LogP contribution in [0.5, 0.6) is 0 Å². The van der Waals surface area contributed by atoms with Gasteiger partial charge in [-0.25, -0.2) is 0 Å². The third-order valence-electron chi connectivity index (χ3n) is 3.67. The number of aromatic nitrogens is 1. The number of carbonyl (C=O) groups is 1. The number of H-pyrrole nitrogens is 1. The lowest BCUT2D eigenvalue weighted by atomic mass is 10.1. The molecule has 0 aliphatic carbocycles. The Balaban J connectivity index is 2.29. The van der Waals surface area contributed by atoms with Crippen molar-refractivity contribution in [1.82, 2.24) is 10.3 Å². The Bertz CT molecular complexity index is 892. The summed E-state index contributed by atoms with van der Waals surface area (Å²) in [7, 11) is 0. The van der Waals surface area contributed by atoms with Gasteiger partial charge in [0.2, 0.25) is 0 Å². The van der Waals surface area contributed by atoms with E-state index >= 15 is 0 Å². The van der Waals surface area contributed by atoms with Gasteiger partial charge in [-0.05, 0) is 61.2 Å². The van der Waals surface area contributed by atoms with Gasteiger partial charge in [-0.2, -0.15) is 0 Å². The summed E-state index contributed by atoms with van der Waals surface area (Å²) in [5.74, 6) is -0.499. The molecule has 1 unspecified atom stereocenters. The molecule has 2 rings (SSSR count). The molecule has 2 aromatic rings. The number of benzene rings is 1. The predicted molar refractivity (Wildman–Crippen MR) is 91.1 cm³/mol. The van der Waals surface area contributed by atoms with Crippen LogP contribution in [-0.2, 0) is 17.6 Å². The Kier molecular flexibility index (Phi) is 5.58. The Morgan fingerprint density at radius 1 is 1.29 bits per heavy atom. The van der Waals surface area contributed by atoms with Crippen molar-refractivity contribution in [3.05, 3.63) is 61.5 Å². The van der Waals surface area contributed by atoms with E-state index in [1.807, 2.05) is 6.07 Å². The van der Waals surface area contributed by atoms with Crippen molar-refractivity contribution in [2.75, 3.05) is 0 Å². The SMILES string of the molecule is Cc1cc(C)c(CNC(=O)c2cc(Cl)cc(S(=O)[O-])c2C)c(=O)[nH]1. The highest BCUT2D eigenvalue weighted by atomic mass is 35.5. The third-order valence-corrected chi connectivity index (χ3v) is 4.67. The summed E-state index contributed by atoms with van der Waals surface area (Å²) in [6.45, 7) is 5.12. The maximum atomic E-state index is 12.4. The van der Waals surface area contributed by atoms with E-state index in [4.69, 9.17) is 11.6 Å². The molecule has 0 bridgehead atoms. The average molecular weight is 368 g/mol. The second-order valence-corrected chi connectivity index (χ2v) is 6.78. The lowest BCUT2D eigenvalue weighted by Crippen LogP contribution is -2.28. The second kappa shape index (κ2) is 7.29. The first-order valence-corrected chi connectivity index (χ1v) is 8.53. The first-order valence-electron chi connectivity index (χ1n) is 7.07. The highest BCUT2D eigenvalue weighted by Gasteiger charge is 2.15. The molecule has 0 aliphatic rings. The maximum absolute atomic E-state index is 12.4. The normalized spacial score (nSPS) is 12.0. The minimum absolute atomic E-state index is 0.0298. The molecule has 128 valence electrons. The van der Waals surface area contributed by atoms with Gasteiger partial charge in [0.05, 0.1) is 0 Å². The zero-order valence-electron chi connectivity index (χ0n) is 13.4. The van der Waals surface area contributed by atoms with Crippen LogP contribution in [0.4, 0.5) is 0 Å². The highest BCUT2D eigenvalue weighted by Crippen LogP contribution is 2.23. The van der Waals surface area contributed by atoms with E-state index in [0.29, 0.717) is 11.1 Å². The number of pyridine rings is 1. The van der Waals surface area contributed by atoms with Gasteiger partial charge in [0.15, 0.2) is 0 Å². The van der Waals surface area contributed by atoms with E-state index in [1.165, 1.54) is 19.1 Å². The summed E-state index contributed by atoms with van der Waals surface area (Å²) < 4.78 is 22.4. The Morgan fingerprint density at radius 3 is 2.54 bits per heavy atom. The third kappa shape index (κ3) is 3.92. The van der Waals surface area contributed by atoms with Gasteiger partial charge in [-0.15, -0.1) is 0 Å². The molecular weight excluding hydrogens is 352 g/mol. The molecule has 0 fully saturated rings. The molecule has 1 heterocycles. The summed E-state index contributed by atoms with van der Waals surface area (Å²) in [6, 6.07) is 4.49. The molecule has 6 nitrogen and oxygen atoms in total. The van der Waals surface area contributed by atoms with Crippen molar-refractivity contribution in [3.63, 3.8) is 0 Å². The van der Waals surface area contributed by atoms with Gasteiger partial charge >= 0.3 is 0 Å². The minimum Gasteiger partial charge on any atom is -0.768 e. The van der Waals surface area contributed by atoms with Gasteiger partial charge in [-0.1, -0.05) is 11.6 Å². The van der Waals surface area contributed by atoms with Crippen molar-refractivity contribution in [1.29, 1.82) is 0 Å². The largest absolute Gasteiger partial charge is 0.768 e. The number of aromatic amines is 1. The molecular formula is C16H16ClN2O4S-. The van der Waals surface area contributed by atoms with Crippen LogP contribution in [-0.4, -0.2) is 19.7 Å². The number of rotatable bonds is 4. The standard InChI is InChI=1S/C16H17ClN2O4S/c1-8-4-9(2)19-16(21)13(8)7-18-15(20)12-5-11(17)6-14(10(12)3)24(22)23/h4-6H,7H2,1-3H3,(H,18,20)(H,19,21)(H,22,23)/p-1. The number of aryl methyl sites for hydroxylation is 2. The van der Waals surface area contributed by atoms with E-state index in [-0.39, 0.29) is 27.6 Å². The number of carbonyl (C=O) groups excluding carboxylic acids is 1. The van der Waals surface area contributed by atoms with Crippen molar-refractivity contribution < 1.29 is 13.6 Å². The number of amides is 1. The van der Waals surface area contributed by atoms with Gasteiger partial charge in [0.25, 0.3) is 11.5 Å². The molecule has 1 aromatic carbocycles. The molecule has 0 radical (unpaired) electrons. The number of hydrogen-bond acceptors (Lipinski definition) is 4. The quantitative estimate of drug-likeness (QED) is 0.808. The minimum atomic E-state index is -2.50. The Labute approximate surface area is 146 Å². The van der Waals surface area contributed by atoms with E-state index in [1.54, 1.807) is 13.8 Å². The van der Waals surface area contributed by atoms with Crippen LogP contribution in [0.25, 0.3) is 0 Å². The fraction of sp³-hybridized carbons (Fsp3) is 0.250. The number of nitrogens with one attached hydrogen (secondary N) is 2. The lowest BCUT2D eigenvalue weighted by Gasteiger charge is -2.14. The van der Waals surface area contributed by atoms with Gasteiger partial charge < -0.3 is 14.9 Å². The molecule has 0 saturated carbocycles. The zero-order valence-corrected chi connectivity index (χ0v) is 14.9. The highest BCUT2D eigenvalue weighted by molar-refractivity contribution is 7.79. The molecule has 1 amide bonds. The average Bonchev–Trinajstić information content (AvgIpc) is 2.47. The van der Waals surface area contributed by atoms with Crippen LogP contribution in [0.3, 0.4) is 0 Å². The van der Waals surface area contributed by atoms with Crippen LogP contribution in [0.15, 0.2) is 27.9 Å². The number of halogens is 1. The fourth-order valence-electron chi connectivity index (χ4n) is 2.43. The second-order valence-electron chi connectivity index (χ2n) is 5.44. The smallest absolute Gasteiger partial charge is 0.253 e. The van der Waals surface area contributed by atoms with Crippen molar-refractivity contribution in [2.24, 2.45) is 0 Å². The van der Waals surface area contributed by atoms with Crippen LogP contribution in [0, 0.1) is 20.8 Å². The Hall–Kier alpha value is -1.96. The predicted octanol–water partition coefficient (Wildman–Crippen LogP) is 2.12. The molecule has 1 aromatic heterocycles. The van der Waals surface area contributed by atoms with Gasteiger partial charge in [-0.3, -0.25) is 13.8 Å². The first-order chi connectivity index (χ1) is 11.2. The summed E-state index contributed by atoms with van der Waals surface area (Å²) in [5, 5.41) is 2.78. The van der Waals surface area contributed by atoms with E-state index < -0.39 is 17.0 Å². The molecule has 2 N–H and O–H groups in total. The first kappa shape index (κ1) is 18.4. The van der Waals surface area contributed by atoms with Crippen LogP contribution < -0.4 is 10.9 Å². The van der Waals surface area contributed by atoms with Crippen LogP contribution >= 0.6 is 11.6 Å². The van der Waals surface area contributed by atoms with Crippen molar-refractivity contribution in [2.45, 2.75) is 32.2 Å². The molecule has 0 saturated heterocycles. The molecule has 0 spiro atoms. The number of hydrogen-bond donors (Lipinski definition) is 2. The monoisotopic (exact) mass is 367 g/mol. The summed E-state index contributed by atoms with van der Waals surface area (Å²) in [4.78, 5) is 27.0. The zero-order chi connectivity index (χ0) is 18.0. The summed E-state index contributed by atoms with van der Waals surface area (Å²) in [6.07, 6.45) is 0. The van der Waals surface area contributed by atoms with Crippen molar-refractivity contribution >= 4 is 28.6 Å². The van der Waals surface area contributed by atoms with E-state index in [9.17, 15) is 18.4 Å². The van der Waals surface area contributed by atoms with Crippen LogP contribution in [0.1, 0.15) is 32.7 Å². The van der Waals surface area contributed by atoms with Gasteiger partial charge in [0, 0.05) is 33.3 Å². The topological polar surface area (TPSA) is 102 Å². The maximum Gasteiger partial charge on any atom is 0.253 e. The summed E-state index contributed by atoms with van der Waals surface area (Å²) in [5.41, 5.74) is 2.14. The van der Waals surface area contributed by atoms with E-state index in [0.717, 1.165) is 11.3 Å². The lowest BCUT2D eigenvalue weighted by molar-refractivity contribution is 0.0950. The fourth-order valence-corrected chi connectivity index (χ4v) is 3.29. The molecule has 24 heavy (non-hydrogen) atoms. The van der Waals surface area contributed by atoms with Crippen LogP contribution in [0.2, 0.25) is 5.02 Å². The molecule has 1 atom stereocenters. The Morgan fingerprint density at radius 2 is 1.96 bits per heavy atom. The van der Waals surface area contributed by atoms with Gasteiger partial charge in [0.1, 0.15) is 0 Å². The van der Waals surface area contributed by atoms with E-state index in [2.05, 4.69) is 10.3 Å².